The molecule has 3 aromatic rings. The van der Waals surface area contributed by atoms with Crippen molar-refractivity contribution in [3.8, 4) is 17.2 Å². The van der Waals surface area contributed by atoms with E-state index in [1.807, 2.05) is 42.5 Å². The number of carbonyl (C=O) groups is 1. The quantitative estimate of drug-likeness (QED) is 0.172. The lowest BCUT2D eigenvalue weighted by molar-refractivity contribution is 0.0734. The molecular weight excluding hydrogens is 400 g/mol. The predicted molar refractivity (Wildman–Crippen MR) is 127 cm³/mol. The zero-order chi connectivity index (χ0) is 22.6. The Morgan fingerprint density at radius 2 is 1.44 bits per heavy atom. The molecule has 0 heterocycles. The molecule has 0 N–H and O–H groups in total. The zero-order valence-corrected chi connectivity index (χ0v) is 19.0. The van der Waals surface area contributed by atoms with Gasteiger partial charge in [0.25, 0.3) is 0 Å². The molecule has 0 fully saturated rings. The predicted octanol–water partition coefficient (Wildman–Crippen LogP) is 7.22. The van der Waals surface area contributed by atoms with E-state index in [-0.39, 0.29) is 6.10 Å². The average molecular weight is 433 g/mol. The molecule has 0 radical (unpaired) electrons. The second kappa shape index (κ2) is 12.6. The molecule has 3 rings (SSSR count). The molecule has 0 aliphatic rings. The molecule has 0 aromatic heterocycles. The number of esters is 1. The molecule has 0 saturated carbocycles. The van der Waals surface area contributed by atoms with Crippen LogP contribution < -0.4 is 14.2 Å². The number of hydrogen-bond acceptors (Lipinski definition) is 4. The van der Waals surface area contributed by atoms with Crippen molar-refractivity contribution < 1.29 is 19.0 Å². The highest BCUT2D eigenvalue weighted by Crippen LogP contribution is 2.22. The van der Waals surface area contributed by atoms with E-state index in [9.17, 15) is 4.79 Å². The Kier molecular flexibility index (Phi) is 9.18. The highest BCUT2D eigenvalue weighted by atomic mass is 16.5. The maximum absolute atomic E-state index is 12.4. The Morgan fingerprint density at radius 3 is 2.12 bits per heavy atom. The molecule has 0 amide bonds. The lowest BCUT2D eigenvalue weighted by Gasteiger charge is -2.15. The molecule has 0 aliphatic carbocycles. The number of benzene rings is 3. The number of hydrogen-bond donors (Lipinski definition) is 0. The van der Waals surface area contributed by atoms with Crippen LogP contribution in [0.25, 0.3) is 0 Å². The summed E-state index contributed by atoms with van der Waals surface area (Å²) < 4.78 is 17.2. The van der Waals surface area contributed by atoms with Crippen LogP contribution in [0, 0.1) is 0 Å². The minimum Gasteiger partial charge on any atom is -0.491 e. The van der Waals surface area contributed by atoms with Gasteiger partial charge in [-0.2, -0.15) is 0 Å². The molecule has 3 aromatic carbocycles. The maximum atomic E-state index is 12.4. The summed E-state index contributed by atoms with van der Waals surface area (Å²) in [6, 6.07) is 24.1. The van der Waals surface area contributed by atoms with Crippen molar-refractivity contribution in [2.24, 2.45) is 0 Å². The van der Waals surface area contributed by atoms with Gasteiger partial charge in [-0.3, -0.25) is 0 Å². The van der Waals surface area contributed by atoms with Gasteiger partial charge in [0, 0.05) is 0 Å². The monoisotopic (exact) mass is 432 g/mol. The van der Waals surface area contributed by atoms with Gasteiger partial charge < -0.3 is 14.2 Å². The third kappa shape index (κ3) is 7.77. The molecule has 168 valence electrons. The normalized spacial score (nSPS) is 11.6. The molecule has 0 bridgehead atoms. The standard InChI is InChI=1S/C28H32O4/c1-3-4-5-7-10-22(2)31-26-17-19-27(20-18-26)32-28(29)24-13-15-25(16-14-24)30-21-23-11-8-6-9-12-23/h6,8-9,11-20,22H,3-5,7,10,21H2,1-2H3. The van der Waals surface area contributed by atoms with Crippen LogP contribution in [0.5, 0.6) is 17.2 Å². The molecule has 0 saturated heterocycles. The molecule has 1 atom stereocenters. The summed E-state index contributed by atoms with van der Waals surface area (Å²) in [6.45, 7) is 4.79. The summed E-state index contributed by atoms with van der Waals surface area (Å²) in [5.41, 5.74) is 1.56. The molecule has 32 heavy (non-hydrogen) atoms. The third-order valence-electron chi connectivity index (χ3n) is 5.17. The summed E-state index contributed by atoms with van der Waals surface area (Å²) in [5, 5.41) is 0. The van der Waals surface area contributed by atoms with Crippen LogP contribution in [0.15, 0.2) is 78.9 Å². The minimum absolute atomic E-state index is 0.169. The fourth-order valence-electron chi connectivity index (χ4n) is 3.33. The van der Waals surface area contributed by atoms with Crippen LogP contribution in [0.3, 0.4) is 0 Å². The van der Waals surface area contributed by atoms with E-state index in [0.29, 0.717) is 23.7 Å². The van der Waals surface area contributed by atoms with Crippen molar-refractivity contribution in [3.63, 3.8) is 0 Å². The highest BCUT2D eigenvalue weighted by molar-refractivity contribution is 5.91. The van der Waals surface area contributed by atoms with Gasteiger partial charge in [0.05, 0.1) is 11.7 Å². The molecule has 1 unspecified atom stereocenters. The first kappa shape index (κ1) is 23.4. The van der Waals surface area contributed by atoms with Gasteiger partial charge in [-0.25, -0.2) is 4.79 Å². The van der Waals surface area contributed by atoms with Gasteiger partial charge >= 0.3 is 5.97 Å². The minimum atomic E-state index is -0.405. The summed E-state index contributed by atoms with van der Waals surface area (Å²) in [6.07, 6.45) is 6.16. The van der Waals surface area contributed by atoms with Gasteiger partial charge in [0.15, 0.2) is 0 Å². The van der Waals surface area contributed by atoms with E-state index in [2.05, 4.69) is 13.8 Å². The Hall–Kier alpha value is -3.27. The SMILES string of the molecule is CCCCCCC(C)Oc1ccc(OC(=O)c2ccc(OCc3ccccc3)cc2)cc1. The summed E-state index contributed by atoms with van der Waals surface area (Å²) >= 11 is 0. The van der Waals surface area contributed by atoms with Crippen molar-refractivity contribution in [2.75, 3.05) is 0 Å². The molecule has 4 heteroatoms. The first-order chi connectivity index (χ1) is 15.6. The van der Waals surface area contributed by atoms with Gasteiger partial charge in [-0.1, -0.05) is 56.5 Å². The third-order valence-corrected chi connectivity index (χ3v) is 5.17. The second-order valence-electron chi connectivity index (χ2n) is 7.94. The molecular formula is C28H32O4. The van der Waals surface area contributed by atoms with Crippen molar-refractivity contribution in [1.82, 2.24) is 0 Å². The van der Waals surface area contributed by atoms with Crippen LogP contribution in [-0.4, -0.2) is 12.1 Å². The molecule has 0 aliphatic heterocycles. The zero-order valence-electron chi connectivity index (χ0n) is 19.0. The lowest BCUT2D eigenvalue weighted by atomic mass is 10.1. The number of ether oxygens (including phenoxy) is 3. The Labute approximate surface area is 191 Å². The first-order valence-electron chi connectivity index (χ1n) is 11.4. The maximum Gasteiger partial charge on any atom is 0.343 e. The van der Waals surface area contributed by atoms with Crippen LogP contribution in [0.1, 0.15) is 61.9 Å². The second-order valence-corrected chi connectivity index (χ2v) is 7.94. The Balaban J connectivity index is 1.45. The van der Waals surface area contributed by atoms with Crippen LogP contribution >= 0.6 is 0 Å². The van der Waals surface area contributed by atoms with Gasteiger partial charge in [-0.15, -0.1) is 0 Å². The van der Waals surface area contributed by atoms with Crippen LogP contribution in [0.2, 0.25) is 0 Å². The van der Waals surface area contributed by atoms with Gasteiger partial charge in [0.1, 0.15) is 23.9 Å². The van der Waals surface area contributed by atoms with Crippen LogP contribution in [0.4, 0.5) is 0 Å². The van der Waals surface area contributed by atoms with E-state index in [1.165, 1.54) is 25.7 Å². The fraction of sp³-hybridized carbons (Fsp3) is 0.321. The first-order valence-corrected chi connectivity index (χ1v) is 11.4. The van der Waals surface area contributed by atoms with Gasteiger partial charge in [0.2, 0.25) is 0 Å². The highest BCUT2D eigenvalue weighted by Gasteiger charge is 2.10. The number of unbranched alkanes of at least 4 members (excludes halogenated alkanes) is 3. The van der Waals surface area contributed by atoms with Crippen LogP contribution in [-0.2, 0) is 6.61 Å². The molecule has 4 nitrogen and oxygen atoms in total. The van der Waals surface area contributed by atoms with Crippen molar-refractivity contribution in [1.29, 1.82) is 0 Å². The summed E-state index contributed by atoms with van der Waals surface area (Å²) in [4.78, 5) is 12.4. The van der Waals surface area contributed by atoms with E-state index >= 15 is 0 Å². The van der Waals surface area contributed by atoms with Gasteiger partial charge in [-0.05, 0) is 73.9 Å². The number of carbonyl (C=O) groups excluding carboxylic acids is 1. The van der Waals surface area contributed by atoms with Crippen molar-refractivity contribution in [2.45, 2.75) is 58.7 Å². The van der Waals surface area contributed by atoms with E-state index in [1.54, 1.807) is 36.4 Å². The Bertz CT molecular complexity index is 933. The van der Waals surface area contributed by atoms with E-state index < -0.39 is 5.97 Å². The van der Waals surface area contributed by atoms with E-state index in [0.717, 1.165) is 17.7 Å². The fourth-order valence-corrected chi connectivity index (χ4v) is 3.33. The smallest absolute Gasteiger partial charge is 0.343 e. The average Bonchev–Trinajstić information content (AvgIpc) is 2.83. The Morgan fingerprint density at radius 1 is 0.781 bits per heavy atom. The molecule has 0 spiro atoms. The summed E-state index contributed by atoms with van der Waals surface area (Å²) in [5.74, 6) is 1.57. The van der Waals surface area contributed by atoms with Crippen molar-refractivity contribution in [3.05, 3.63) is 90.0 Å². The summed E-state index contributed by atoms with van der Waals surface area (Å²) in [7, 11) is 0. The topological polar surface area (TPSA) is 44.8 Å². The van der Waals surface area contributed by atoms with Crippen molar-refractivity contribution >= 4 is 5.97 Å². The largest absolute Gasteiger partial charge is 0.491 e. The number of rotatable bonds is 12. The lowest BCUT2D eigenvalue weighted by Crippen LogP contribution is -2.11. The van der Waals surface area contributed by atoms with E-state index in [4.69, 9.17) is 14.2 Å².